The predicted molar refractivity (Wildman–Crippen MR) is 73.9 cm³/mol. The lowest BCUT2D eigenvalue weighted by Crippen LogP contribution is -2.50. The van der Waals surface area contributed by atoms with Gasteiger partial charge in [-0.2, -0.15) is 4.31 Å². The van der Waals surface area contributed by atoms with Gasteiger partial charge in [0, 0.05) is 25.8 Å². The Bertz CT molecular complexity index is 444. The zero-order valence-electron chi connectivity index (χ0n) is 11.8. The number of sulfonamides is 1. The van der Waals surface area contributed by atoms with E-state index >= 15 is 0 Å². The molecular formula is C13H23NO5S. The van der Waals surface area contributed by atoms with Crippen molar-refractivity contribution in [2.45, 2.75) is 38.6 Å². The third kappa shape index (κ3) is 3.51. The Balaban J connectivity index is 2.05. The zero-order chi connectivity index (χ0) is 14.8. The minimum absolute atomic E-state index is 0.118. The molecule has 2 aliphatic rings. The maximum atomic E-state index is 12.5. The molecule has 0 saturated carbocycles. The quantitative estimate of drug-likeness (QED) is 0.835. The molecule has 6 nitrogen and oxygen atoms in total. The van der Waals surface area contributed by atoms with E-state index in [0.29, 0.717) is 32.6 Å². The van der Waals surface area contributed by atoms with Crippen molar-refractivity contribution in [2.75, 3.05) is 25.5 Å². The first-order valence-corrected chi connectivity index (χ1v) is 8.83. The number of piperidine rings is 1. The smallest absolute Gasteiger partial charge is 0.308 e. The van der Waals surface area contributed by atoms with E-state index in [0.717, 1.165) is 12.8 Å². The molecule has 0 aliphatic carbocycles. The number of nitrogens with zero attached hydrogens (tertiary/aromatic N) is 1. The summed E-state index contributed by atoms with van der Waals surface area (Å²) in [5.74, 6) is -1.24. The fourth-order valence-corrected chi connectivity index (χ4v) is 5.32. The molecule has 2 heterocycles. The molecule has 0 bridgehead atoms. The van der Waals surface area contributed by atoms with Crippen molar-refractivity contribution >= 4 is 16.0 Å². The fraction of sp³-hybridized carbons (Fsp3) is 0.923. The number of aliphatic carboxylic acids is 1. The van der Waals surface area contributed by atoms with Gasteiger partial charge >= 0.3 is 5.97 Å². The number of carboxylic acids is 1. The number of hydrogen-bond donors (Lipinski definition) is 1. The Labute approximate surface area is 120 Å². The van der Waals surface area contributed by atoms with Crippen LogP contribution in [0.4, 0.5) is 0 Å². The lowest BCUT2D eigenvalue weighted by atomic mass is 9.92. The average Bonchev–Trinajstić information content (AvgIpc) is 2.39. The molecule has 2 fully saturated rings. The van der Waals surface area contributed by atoms with Gasteiger partial charge in [-0.1, -0.05) is 0 Å². The van der Waals surface area contributed by atoms with Crippen LogP contribution in [0.1, 0.15) is 32.6 Å². The van der Waals surface area contributed by atoms with Gasteiger partial charge in [0.15, 0.2) is 0 Å². The van der Waals surface area contributed by atoms with Crippen LogP contribution in [-0.2, 0) is 19.6 Å². The van der Waals surface area contributed by atoms with Crippen molar-refractivity contribution in [3.63, 3.8) is 0 Å². The van der Waals surface area contributed by atoms with Crippen LogP contribution in [0.5, 0.6) is 0 Å². The van der Waals surface area contributed by atoms with Crippen LogP contribution in [0.25, 0.3) is 0 Å². The first-order chi connectivity index (χ1) is 9.42. The zero-order valence-corrected chi connectivity index (χ0v) is 12.6. The summed E-state index contributed by atoms with van der Waals surface area (Å²) in [6.07, 6.45) is 2.71. The van der Waals surface area contributed by atoms with Crippen LogP contribution in [0.15, 0.2) is 0 Å². The molecule has 2 atom stereocenters. The molecule has 1 N–H and O–H groups in total. The van der Waals surface area contributed by atoms with Crippen LogP contribution in [-0.4, -0.2) is 55.4 Å². The summed E-state index contributed by atoms with van der Waals surface area (Å²) in [5, 5.41) is 9.18. The Morgan fingerprint density at radius 1 is 1.30 bits per heavy atom. The van der Waals surface area contributed by atoms with E-state index in [1.807, 2.05) is 0 Å². The van der Waals surface area contributed by atoms with Crippen LogP contribution in [0.2, 0.25) is 0 Å². The molecule has 2 rings (SSSR count). The molecule has 20 heavy (non-hydrogen) atoms. The third-order valence-electron chi connectivity index (χ3n) is 4.39. The number of carboxylic acid groups (broad SMARTS) is 1. The van der Waals surface area contributed by atoms with Crippen LogP contribution < -0.4 is 0 Å². The van der Waals surface area contributed by atoms with E-state index in [1.54, 1.807) is 6.92 Å². The molecular weight excluding hydrogens is 282 g/mol. The summed E-state index contributed by atoms with van der Waals surface area (Å²) in [6, 6.07) is -0.453. The highest BCUT2D eigenvalue weighted by Crippen LogP contribution is 2.28. The normalized spacial score (nSPS) is 30.2. The molecule has 2 aliphatic heterocycles. The molecule has 0 radical (unpaired) electrons. The minimum Gasteiger partial charge on any atom is -0.481 e. The summed E-state index contributed by atoms with van der Waals surface area (Å²) in [7, 11) is -3.38. The second-order valence-electron chi connectivity index (χ2n) is 5.77. The molecule has 0 spiro atoms. The number of ether oxygens (including phenoxy) is 1. The maximum Gasteiger partial charge on any atom is 0.308 e. The summed E-state index contributed by atoms with van der Waals surface area (Å²) in [6.45, 7) is 3.39. The molecule has 0 aromatic heterocycles. The summed E-state index contributed by atoms with van der Waals surface area (Å²) < 4.78 is 31.7. The van der Waals surface area contributed by atoms with E-state index in [4.69, 9.17) is 4.74 Å². The molecule has 0 aromatic carbocycles. The first kappa shape index (κ1) is 15.7. The molecule has 0 aromatic rings. The molecule has 7 heteroatoms. The van der Waals surface area contributed by atoms with Crippen molar-refractivity contribution < 1.29 is 23.1 Å². The minimum atomic E-state index is -3.38. The highest BCUT2D eigenvalue weighted by atomic mass is 32.2. The number of hydrogen-bond acceptors (Lipinski definition) is 4. The predicted octanol–water partition coefficient (Wildman–Crippen LogP) is 0.928. The van der Waals surface area contributed by atoms with Crippen LogP contribution >= 0.6 is 0 Å². The summed E-state index contributed by atoms with van der Waals surface area (Å²) in [4.78, 5) is 11.2. The first-order valence-electron chi connectivity index (χ1n) is 7.22. The monoisotopic (exact) mass is 305 g/mol. The van der Waals surface area contributed by atoms with Crippen LogP contribution in [0.3, 0.4) is 0 Å². The molecule has 0 unspecified atom stereocenters. The molecule has 0 amide bonds. The third-order valence-corrected chi connectivity index (χ3v) is 6.51. The molecule has 2 saturated heterocycles. The van der Waals surface area contributed by atoms with Gasteiger partial charge in [-0.05, 0) is 38.5 Å². The van der Waals surface area contributed by atoms with Crippen molar-refractivity contribution in [2.24, 2.45) is 11.8 Å². The lowest BCUT2D eigenvalue weighted by molar-refractivity contribution is -0.144. The van der Waals surface area contributed by atoms with Gasteiger partial charge < -0.3 is 9.84 Å². The topological polar surface area (TPSA) is 83.9 Å². The highest BCUT2D eigenvalue weighted by Gasteiger charge is 2.39. The fourth-order valence-electron chi connectivity index (χ4n) is 3.14. The van der Waals surface area contributed by atoms with Crippen LogP contribution in [0, 0.1) is 11.8 Å². The van der Waals surface area contributed by atoms with Crippen molar-refractivity contribution in [3.8, 4) is 0 Å². The number of carbonyl (C=O) groups is 1. The van der Waals surface area contributed by atoms with E-state index in [2.05, 4.69) is 0 Å². The SMILES string of the molecule is C[C@@H]1[C@H](C(=O)O)CCCN1S(=O)(=O)CC1CCOCC1. The van der Waals surface area contributed by atoms with Crippen molar-refractivity contribution in [1.29, 1.82) is 0 Å². The Kier molecular flexibility index (Phi) is 5.04. The van der Waals surface area contributed by atoms with Gasteiger partial charge in [0.05, 0.1) is 11.7 Å². The van der Waals surface area contributed by atoms with Gasteiger partial charge in [0.1, 0.15) is 0 Å². The van der Waals surface area contributed by atoms with E-state index in [-0.39, 0.29) is 11.7 Å². The summed E-state index contributed by atoms with van der Waals surface area (Å²) in [5.41, 5.74) is 0. The largest absolute Gasteiger partial charge is 0.481 e. The van der Waals surface area contributed by atoms with Gasteiger partial charge in [-0.15, -0.1) is 0 Å². The van der Waals surface area contributed by atoms with Gasteiger partial charge in [-0.25, -0.2) is 8.42 Å². The van der Waals surface area contributed by atoms with E-state index in [9.17, 15) is 18.3 Å². The Morgan fingerprint density at radius 3 is 2.55 bits per heavy atom. The van der Waals surface area contributed by atoms with Gasteiger partial charge in [0.2, 0.25) is 10.0 Å². The molecule has 116 valence electrons. The second-order valence-corrected chi connectivity index (χ2v) is 7.74. The Morgan fingerprint density at radius 2 is 1.95 bits per heavy atom. The van der Waals surface area contributed by atoms with Crippen molar-refractivity contribution in [3.05, 3.63) is 0 Å². The van der Waals surface area contributed by atoms with Gasteiger partial charge in [0.25, 0.3) is 0 Å². The highest BCUT2D eigenvalue weighted by molar-refractivity contribution is 7.89. The average molecular weight is 305 g/mol. The maximum absolute atomic E-state index is 12.5. The van der Waals surface area contributed by atoms with E-state index in [1.165, 1.54) is 4.31 Å². The Hall–Kier alpha value is -0.660. The standard InChI is InChI=1S/C13H23NO5S/c1-10-12(13(15)16)3-2-6-14(10)20(17,18)9-11-4-7-19-8-5-11/h10-12H,2-9H2,1H3,(H,15,16)/t10-,12-/m1/s1. The van der Waals surface area contributed by atoms with Gasteiger partial charge in [-0.3, -0.25) is 4.79 Å². The van der Waals surface area contributed by atoms with Crippen molar-refractivity contribution in [1.82, 2.24) is 4.31 Å². The second kappa shape index (κ2) is 6.41. The lowest BCUT2D eigenvalue weighted by Gasteiger charge is -2.37. The number of rotatable bonds is 4. The van der Waals surface area contributed by atoms with E-state index < -0.39 is 28.0 Å². The summed E-state index contributed by atoms with van der Waals surface area (Å²) >= 11 is 0.